The third kappa shape index (κ3) is 4.44. The number of anilines is 1. The maximum Gasteiger partial charge on any atom is 0.0637 e. The van der Waals surface area contributed by atoms with Gasteiger partial charge in [0.05, 0.1) is 5.60 Å². The molecule has 0 spiro atoms. The molecule has 0 amide bonds. The van der Waals surface area contributed by atoms with Crippen LogP contribution in [0.5, 0.6) is 0 Å². The normalized spacial score (nSPS) is 24.7. The second-order valence-electron chi connectivity index (χ2n) is 6.32. The summed E-state index contributed by atoms with van der Waals surface area (Å²) in [6.45, 7) is 9.17. The van der Waals surface area contributed by atoms with E-state index in [9.17, 15) is 5.11 Å². The largest absolute Gasteiger partial charge is 0.390 e. The lowest BCUT2D eigenvalue weighted by molar-refractivity contribution is 0.0481. The summed E-state index contributed by atoms with van der Waals surface area (Å²) < 4.78 is 1.16. The topological polar surface area (TPSA) is 35.5 Å². The van der Waals surface area contributed by atoms with E-state index in [4.69, 9.17) is 0 Å². The number of hydrogen-bond acceptors (Lipinski definition) is 3. The summed E-state index contributed by atoms with van der Waals surface area (Å²) in [6, 6.07) is 6.97. The molecular weight excluding hydrogens is 328 g/mol. The van der Waals surface area contributed by atoms with E-state index in [0.29, 0.717) is 6.04 Å². The molecule has 118 valence electrons. The van der Waals surface area contributed by atoms with Crippen LogP contribution in [-0.4, -0.2) is 30.3 Å². The molecule has 1 aliphatic heterocycles. The van der Waals surface area contributed by atoms with Gasteiger partial charge in [-0.25, -0.2) is 0 Å². The highest BCUT2D eigenvalue weighted by atomic mass is 79.9. The monoisotopic (exact) mass is 354 g/mol. The Morgan fingerprint density at radius 3 is 2.81 bits per heavy atom. The average Bonchev–Trinajstić information content (AvgIpc) is 2.60. The van der Waals surface area contributed by atoms with Gasteiger partial charge in [0.2, 0.25) is 0 Å². The van der Waals surface area contributed by atoms with E-state index in [1.807, 2.05) is 6.92 Å². The lowest BCUT2D eigenvalue weighted by Crippen LogP contribution is -2.28. The van der Waals surface area contributed by atoms with Gasteiger partial charge in [-0.15, -0.1) is 0 Å². The Labute approximate surface area is 136 Å². The fraction of sp³-hybridized carbons (Fsp3) is 0.647. The predicted octanol–water partition coefficient (Wildman–Crippen LogP) is 3.86. The Bertz CT molecular complexity index is 476. The first-order valence-electron chi connectivity index (χ1n) is 7.93. The molecule has 0 aromatic heterocycles. The Hall–Kier alpha value is -0.580. The van der Waals surface area contributed by atoms with Crippen LogP contribution in [0.25, 0.3) is 0 Å². The summed E-state index contributed by atoms with van der Waals surface area (Å²) in [4.78, 5) is 2.38. The Morgan fingerprint density at radius 2 is 2.14 bits per heavy atom. The zero-order valence-corrected chi connectivity index (χ0v) is 14.9. The minimum absolute atomic E-state index is 0.350. The van der Waals surface area contributed by atoms with E-state index < -0.39 is 5.60 Å². The molecule has 0 aliphatic carbocycles. The molecule has 1 aliphatic rings. The predicted molar refractivity (Wildman–Crippen MR) is 92.9 cm³/mol. The van der Waals surface area contributed by atoms with Crippen molar-refractivity contribution in [3.8, 4) is 0 Å². The lowest BCUT2D eigenvalue weighted by Gasteiger charge is -2.25. The summed E-state index contributed by atoms with van der Waals surface area (Å²) in [6.07, 6.45) is 2.76. The highest BCUT2D eigenvalue weighted by Gasteiger charge is 2.25. The molecule has 4 heteroatoms. The zero-order chi connectivity index (χ0) is 15.5. The van der Waals surface area contributed by atoms with Gasteiger partial charge < -0.3 is 15.3 Å². The first kappa shape index (κ1) is 16.8. The third-order valence-corrected chi connectivity index (χ3v) is 5.08. The summed E-state index contributed by atoms with van der Waals surface area (Å²) in [5.41, 5.74) is 2.03. The quantitative estimate of drug-likeness (QED) is 0.861. The molecule has 0 bridgehead atoms. The Balaban J connectivity index is 2.12. The standard InChI is InChI=1S/C17H27BrN2O/c1-4-19-13(2)15-7-6-14(12-16(15)18)20-10-5-8-17(3,21)9-11-20/h6-7,12-13,19,21H,4-5,8-11H2,1-3H3. The summed E-state index contributed by atoms with van der Waals surface area (Å²) in [5, 5.41) is 13.7. The Kier molecular flexibility index (Phi) is 5.69. The summed E-state index contributed by atoms with van der Waals surface area (Å²) >= 11 is 3.71. The van der Waals surface area contributed by atoms with Crippen molar-refractivity contribution in [2.75, 3.05) is 24.5 Å². The summed E-state index contributed by atoms with van der Waals surface area (Å²) in [5.74, 6) is 0. The maximum absolute atomic E-state index is 10.2. The third-order valence-electron chi connectivity index (χ3n) is 4.39. The second kappa shape index (κ2) is 7.12. The van der Waals surface area contributed by atoms with Crippen molar-refractivity contribution in [2.24, 2.45) is 0 Å². The van der Waals surface area contributed by atoms with Crippen LogP contribution in [0.4, 0.5) is 5.69 Å². The van der Waals surface area contributed by atoms with Crippen LogP contribution in [0.15, 0.2) is 22.7 Å². The minimum atomic E-state index is -0.508. The van der Waals surface area contributed by atoms with Crippen molar-refractivity contribution < 1.29 is 5.11 Å². The van der Waals surface area contributed by atoms with Crippen LogP contribution < -0.4 is 10.2 Å². The van der Waals surface area contributed by atoms with Crippen molar-refractivity contribution in [3.63, 3.8) is 0 Å². The number of nitrogens with zero attached hydrogens (tertiary/aromatic N) is 1. The SMILES string of the molecule is CCNC(C)c1ccc(N2CCCC(C)(O)CC2)cc1Br. The average molecular weight is 355 g/mol. The van der Waals surface area contributed by atoms with Gasteiger partial charge in [0.1, 0.15) is 0 Å². The van der Waals surface area contributed by atoms with E-state index in [2.05, 4.69) is 58.2 Å². The smallest absolute Gasteiger partial charge is 0.0637 e. The molecule has 1 aromatic rings. The molecule has 2 rings (SSSR count). The highest BCUT2D eigenvalue weighted by Crippen LogP contribution is 2.30. The van der Waals surface area contributed by atoms with Crippen molar-refractivity contribution in [3.05, 3.63) is 28.2 Å². The van der Waals surface area contributed by atoms with Crippen molar-refractivity contribution >= 4 is 21.6 Å². The van der Waals surface area contributed by atoms with Gasteiger partial charge >= 0.3 is 0 Å². The fourth-order valence-corrected chi connectivity index (χ4v) is 3.71. The number of halogens is 1. The molecule has 1 heterocycles. The van der Waals surface area contributed by atoms with Crippen LogP contribution in [0, 0.1) is 0 Å². The fourth-order valence-electron chi connectivity index (χ4n) is 3.00. The minimum Gasteiger partial charge on any atom is -0.390 e. The van der Waals surface area contributed by atoms with Gasteiger partial charge in [-0.05, 0) is 57.4 Å². The molecule has 3 nitrogen and oxygen atoms in total. The number of rotatable bonds is 4. The van der Waals surface area contributed by atoms with Crippen LogP contribution in [-0.2, 0) is 0 Å². The number of hydrogen-bond donors (Lipinski definition) is 2. The van der Waals surface area contributed by atoms with E-state index in [1.54, 1.807) is 0 Å². The van der Waals surface area contributed by atoms with Crippen LogP contribution in [0.3, 0.4) is 0 Å². The van der Waals surface area contributed by atoms with Crippen LogP contribution >= 0.6 is 15.9 Å². The van der Waals surface area contributed by atoms with Gasteiger partial charge in [-0.3, -0.25) is 0 Å². The van der Waals surface area contributed by atoms with Gasteiger partial charge in [0, 0.05) is 29.3 Å². The molecule has 1 saturated heterocycles. The second-order valence-corrected chi connectivity index (χ2v) is 7.18. The van der Waals surface area contributed by atoms with Crippen LogP contribution in [0.1, 0.15) is 51.6 Å². The van der Waals surface area contributed by atoms with Crippen molar-refractivity contribution in [1.82, 2.24) is 5.32 Å². The van der Waals surface area contributed by atoms with E-state index in [-0.39, 0.29) is 0 Å². The zero-order valence-electron chi connectivity index (χ0n) is 13.3. The van der Waals surface area contributed by atoms with Gasteiger partial charge in [-0.1, -0.05) is 28.9 Å². The lowest BCUT2D eigenvalue weighted by atomic mass is 9.98. The van der Waals surface area contributed by atoms with Crippen molar-refractivity contribution in [2.45, 2.75) is 51.7 Å². The Morgan fingerprint density at radius 1 is 1.38 bits per heavy atom. The molecule has 1 aromatic carbocycles. The number of nitrogens with one attached hydrogen (secondary N) is 1. The molecular formula is C17H27BrN2O. The van der Waals surface area contributed by atoms with Gasteiger partial charge in [-0.2, -0.15) is 0 Å². The van der Waals surface area contributed by atoms with E-state index in [1.165, 1.54) is 11.3 Å². The number of aliphatic hydroxyl groups is 1. The van der Waals surface area contributed by atoms with Gasteiger partial charge in [0.15, 0.2) is 0 Å². The number of benzene rings is 1. The molecule has 1 fully saturated rings. The molecule has 2 unspecified atom stereocenters. The molecule has 0 saturated carbocycles. The molecule has 2 atom stereocenters. The van der Waals surface area contributed by atoms with E-state index in [0.717, 1.165) is 43.4 Å². The maximum atomic E-state index is 10.2. The highest BCUT2D eigenvalue weighted by molar-refractivity contribution is 9.10. The first-order chi connectivity index (χ1) is 9.93. The molecule has 2 N–H and O–H groups in total. The van der Waals surface area contributed by atoms with Crippen LogP contribution in [0.2, 0.25) is 0 Å². The van der Waals surface area contributed by atoms with Crippen molar-refractivity contribution in [1.29, 1.82) is 0 Å². The van der Waals surface area contributed by atoms with E-state index >= 15 is 0 Å². The first-order valence-corrected chi connectivity index (χ1v) is 8.72. The summed E-state index contributed by atoms with van der Waals surface area (Å²) in [7, 11) is 0. The molecule has 21 heavy (non-hydrogen) atoms. The van der Waals surface area contributed by atoms with Gasteiger partial charge in [0.25, 0.3) is 0 Å². The molecule has 0 radical (unpaired) electrons.